The molecule has 2 N–H and O–H groups in total. The molecule has 0 aromatic heterocycles. The van der Waals surface area contributed by atoms with Gasteiger partial charge in [0.2, 0.25) is 5.91 Å². The minimum Gasteiger partial charge on any atom is -0.497 e. The van der Waals surface area contributed by atoms with E-state index >= 15 is 0 Å². The number of hydrogen-bond donors (Lipinski definition) is 2. The molecule has 1 saturated heterocycles. The molecule has 0 aliphatic carbocycles. The number of benzene rings is 2. The van der Waals surface area contributed by atoms with Gasteiger partial charge in [-0.3, -0.25) is 14.4 Å². The monoisotopic (exact) mass is 485 g/mol. The molecule has 0 unspecified atom stereocenters. The Kier molecular flexibility index (Phi) is 9.60. The molecule has 0 spiro atoms. The summed E-state index contributed by atoms with van der Waals surface area (Å²) in [5.41, 5.74) is 0.446. The van der Waals surface area contributed by atoms with Crippen LogP contribution in [0.25, 0.3) is 0 Å². The molecule has 1 atom stereocenters. The van der Waals surface area contributed by atoms with Crippen LogP contribution in [0.1, 0.15) is 40.0 Å². The highest BCUT2D eigenvalue weighted by atomic mass is 19.1. The van der Waals surface area contributed by atoms with Gasteiger partial charge in [-0.05, 0) is 61.6 Å². The minimum absolute atomic E-state index is 0.0953. The molecule has 1 aliphatic heterocycles. The van der Waals surface area contributed by atoms with Crippen LogP contribution >= 0.6 is 0 Å². The lowest BCUT2D eigenvalue weighted by Gasteiger charge is -2.36. The standard InChI is InChI=1S/C26H32FN3O5/c1-34-17-5-14-28-25(32)23(29-24(31)21-6-3-4-7-22(21)27)18-12-15-30(16-13-18)26(33)19-8-10-20(35-2)11-9-19/h3-4,6-11,18,23H,5,12-17H2,1-2H3,(H,28,32)(H,29,31)/t23-/m1/s1. The molecule has 188 valence electrons. The highest BCUT2D eigenvalue weighted by Crippen LogP contribution is 2.24. The predicted molar refractivity (Wildman–Crippen MR) is 129 cm³/mol. The van der Waals surface area contributed by atoms with Crippen LogP contribution in [0.2, 0.25) is 0 Å². The van der Waals surface area contributed by atoms with Gasteiger partial charge in [0.25, 0.3) is 11.8 Å². The SMILES string of the molecule is COCCCNC(=O)[C@H](NC(=O)c1ccccc1F)C1CCN(C(=O)c2ccc(OC)cc2)CC1. The Morgan fingerprint density at radius 1 is 1.06 bits per heavy atom. The highest BCUT2D eigenvalue weighted by molar-refractivity contribution is 5.98. The van der Waals surface area contributed by atoms with Crippen molar-refractivity contribution in [2.75, 3.05) is 40.5 Å². The number of rotatable bonds is 10. The van der Waals surface area contributed by atoms with Crippen LogP contribution in [0.4, 0.5) is 4.39 Å². The number of nitrogens with one attached hydrogen (secondary N) is 2. The predicted octanol–water partition coefficient (Wildman–Crippen LogP) is 2.64. The highest BCUT2D eigenvalue weighted by Gasteiger charge is 2.34. The summed E-state index contributed by atoms with van der Waals surface area (Å²) in [5.74, 6) is -1.24. The van der Waals surface area contributed by atoms with Crippen molar-refractivity contribution in [2.24, 2.45) is 5.92 Å². The summed E-state index contributed by atoms with van der Waals surface area (Å²) in [7, 11) is 3.15. The number of nitrogens with zero attached hydrogens (tertiary/aromatic N) is 1. The largest absolute Gasteiger partial charge is 0.497 e. The zero-order valence-corrected chi connectivity index (χ0v) is 20.1. The van der Waals surface area contributed by atoms with Crippen molar-refractivity contribution >= 4 is 17.7 Å². The maximum atomic E-state index is 14.1. The van der Waals surface area contributed by atoms with E-state index in [1.54, 1.807) is 49.5 Å². The first kappa shape index (κ1) is 26.2. The number of amides is 3. The van der Waals surface area contributed by atoms with Gasteiger partial charge in [0.15, 0.2) is 0 Å². The van der Waals surface area contributed by atoms with E-state index in [1.807, 2.05) is 0 Å². The maximum absolute atomic E-state index is 14.1. The van der Waals surface area contributed by atoms with Crippen LogP contribution in [-0.2, 0) is 9.53 Å². The topological polar surface area (TPSA) is 97.0 Å². The minimum atomic E-state index is -0.845. The molecule has 1 fully saturated rings. The van der Waals surface area contributed by atoms with Gasteiger partial charge < -0.3 is 25.0 Å². The van der Waals surface area contributed by atoms with Gasteiger partial charge in [-0.2, -0.15) is 0 Å². The molecule has 9 heteroatoms. The fraction of sp³-hybridized carbons (Fsp3) is 0.423. The average molecular weight is 486 g/mol. The van der Waals surface area contributed by atoms with Crippen LogP contribution in [0.15, 0.2) is 48.5 Å². The molecular weight excluding hydrogens is 453 g/mol. The Morgan fingerprint density at radius 3 is 2.37 bits per heavy atom. The van der Waals surface area contributed by atoms with Crippen molar-refractivity contribution in [1.29, 1.82) is 0 Å². The third-order valence-corrected chi connectivity index (χ3v) is 6.15. The molecule has 1 heterocycles. The zero-order valence-electron chi connectivity index (χ0n) is 20.1. The van der Waals surface area contributed by atoms with E-state index in [9.17, 15) is 18.8 Å². The second-order valence-electron chi connectivity index (χ2n) is 8.43. The first-order chi connectivity index (χ1) is 16.9. The number of ether oxygens (including phenoxy) is 2. The second kappa shape index (κ2) is 12.9. The molecule has 0 bridgehead atoms. The summed E-state index contributed by atoms with van der Waals surface area (Å²) in [4.78, 5) is 40.4. The smallest absolute Gasteiger partial charge is 0.254 e. The molecule has 1 aliphatic rings. The van der Waals surface area contributed by atoms with Crippen molar-refractivity contribution in [2.45, 2.75) is 25.3 Å². The van der Waals surface area contributed by atoms with Crippen molar-refractivity contribution < 1.29 is 28.2 Å². The van der Waals surface area contributed by atoms with Gasteiger partial charge >= 0.3 is 0 Å². The van der Waals surface area contributed by atoms with Gasteiger partial charge in [0.1, 0.15) is 17.6 Å². The van der Waals surface area contributed by atoms with Crippen molar-refractivity contribution in [1.82, 2.24) is 15.5 Å². The summed E-state index contributed by atoms with van der Waals surface area (Å²) in [6.07, 6.45) is 1.68. The van der Waals surface area contributed by atoms with Crippen LogP contribution in [-0.4, -0.2) is 69.1 Å². The van der Waals surface area contributed by atoms with Crippen molar-refractivity contribution in [3.63, 3.8) is 0 Å². The zero-order chi connectivity index (χ0) is 25.2. The van der Waals surface area contributed by atoms with Crippen LogP contribution in [0.5, 0.6) is 5.75 Å². The van der Waals surface area contributed by atoms with Crippen molar-refractivity contribution in [3.05, 3.63) is 65.5 Å². The third-order valence-electron chi connectivity index (χ3n) is 6.15. The second-order valence-corrected chi connectivity index (χ2v) is 8.43. The number of piperidine rings is 1. The number of likely N-dealkylation sites (tertiary alicyclic amines) is 1. The van der Waals surface area contributed by atoms with E-state index in [0.29, 0.717) is 56.8 Å². The number of carbonyl (C=O) groups excluding carboxylic acids is 3. The molecule has 2 aromatic rings. The molecule has 8 nitrogen and oxygen atoms in total. The van der Waals surface area contributed by atoms with E-state index in [-0.39, 0.29) is 23.3 Å². The fourth-order valence-electron chi connectivity index (χ4n) is 4.15. The molecule has 0 saturated carbocycles. The molecule has 3 rings (SSSR count). The quantitative estimate of drug-likeness (QED) is 0.505. The fourth-order valence-corrected chi connectivity index (χ4v) is 4.15. The lowest BCUT2D eigenvalue weighted by Crippen LogP contribution is -2.54. The summed E-state index contributed by atoms with van der Waals surface area (Å²) < 4.78 is 24.3. The van der Waals surface area contributed by atoms with E-state index in [1.165, 1.54) is 18.2 Å². The summed E-state index contributed by atoms with van der Waals surface area (Å²) in [6, 6.07) is 11.7. The van der Waals surface area contributed by atoms with Crippen LogP contribution in [0.3, 0.4) is 0 Å². The van der Waals surface area contributed by atoms with Crippen LogP contribution in [0, 0.1) is 11.7 Å². The van der Waals surface area contributed by atoms with Gasteiger partial charge in [-0.25, -0.2) is 4.39 Å². The normalized spacial score (nSPS) is 14.8. The molecule has 35 heavy (non-hydrogen) atoms. The van der Waals surface area contributed by atoms with Crippen LogP contribution < -0.4 is 15.4 Å². The average Bonchev–Trinajstić information content (AvgIpc) is 2.89. The lowest BCUT2D eigenvalue weighted by molar-refractivity contribution is -0.124. The first-order valence-corrected chi connectivity index (χ1v) is 11.7. The van der Waals surface area contributed by atoms with E-state index in [2.05, 4.69) is 10.6 Å². The third kappa shape index (κ3) is 7.02. The van der Waals surface area contributed by atoms with E-state index in [4.69, 9.17) is 9.47 Å². The van der Waals surface area contributed by atoms with E-state index in [0.717, 1.165) is 0 Å². The molecular formula is C26H32FN3O5. The Morgan fingerprint density at radius 2 is 1.74 bits per heavy atom. The Balaban J connectivity index is 1.66. The molecule has 0 radical (unpaired) electrons. The summed E-state index contributed by atoms with van der Waals surface area (Å²) >= 11 is 0. The number of halogens is 1. The van der Waals surface area contributed by atoms with Gasteiger partial charge in [-0.15, -0.1) is 0 Å². The number of methoxy groups -OCH3 is 2. The molecule has 2 aromatic carbocycles. The lowest BCUT2D eigenvalue weighted by atomic mass is 9.88. The molecule has 3 amide bonds. The number of carbonyl (C=O) groups is 3. The van der Waals surface area contributed by atoms with Gasteiger partial charge in [0.05, 0.1) is 12.7 Å². The van der Waals surface area contributed by atoms with Gasteiger partial charge in [0, 0.05) is 38.9 Å². The summed E-state index contributed by atoms with van der Waals surface area (Å²) in [6.45, 7) is 1.78. The first-order valence-electron chi connectivity index (χ1n) is 11.7. The summed E-state index contributed by atoms with van der Waals surface area (Å²) in [5, 5.41) is 5.57. The van der Waals surface area contributed by atoms with E-state index < -0.39 is 17.8 Å². The Hall–Kier alpha value is -3.46. The van der Waals surface area contributed by atoms with Crippen molar-refractivity contribution in [3.8, 4) is 5.75 Å². The number of hydrogen-bond acceptors (Lipinski definition) is 5. The Bertz CT molecular complexity index is 1010. The van der Waals surface area contributed by atoms with Gasteiger partial charge in [-0.1, -0.05) is 12.1 Å². The Labute approximate surface area is 204 Å². The maximum Gasteiger partial charge on any atom is 0.254 e.